The number of hydrogen-bond acceptors (Lipinski definition) is 3. The maximum Gasteiger partial charge on any atom is 0.126 e. The summed E-state index contributed by atoms with van der Waals surface area (Å²) in [6, 6.07) is 17.9. The van der Waals surface area contributed by atoms with E-state index in [1.54, 1.807) is 14.2 Å². The van der Waals surface area contributed by atoms with E-state index in [0.29, 0.717) is 0 Å². The van der Waals surface area contributed by atoms with Crippen molar-refractivity contribution in [3.05, 3.63) is 89.2 Å². The summed E-state index contributed by atoms with van der Waals surface area (Å²) in [6.45, 7) is 0. The lowest BCUT2D eigenvalue weighted by molar-refractivity contribution is 0.414. The predicted octanol–water partition coefficient (Wildman–Crippen LogP) is 5.44. The van der Waals surface area contributed by atoms with Crippen LogP contribution in [0.4, 0.5) is 0 Å². The molecule has 130 valence electrons. The molecule has 0 aliphatic rings. The molecule has 0 atom stereocenters. The van der Waals surface area contributed by atoms with Gasteiger partial charge >= 0.3 is 0 Å². The third-order valence-electron chi connectivity index (χ3n) is 3.97. The summed E-state index contributed by atoms with van der Waals surface area (Å²) in [5.41, 5.74) is 4.12. The minimum absolute atomic E-state index is 0.851. The third-order valence-corrected chi connectivity index (χ3v) is 3.97. The fourth-order valence-electron chi connectivity index (χ4n) is 2.64. The van der Waals surface area contributed by atoms with Gasteiger partial charge in [0.2, 0.25) is 0 Å². The number of ether oxygens (including phenoxy) is 2. The molecule has 1 heterocycles. The molecule has 0 radical (unpaired) electrons. The van der Waals surface area contributed by atoms with Crippen LogP contribution in [0.1, 0.15) is 22.3 Å². The van der Waals surface area contributed by atoms with Gasteiger partial charge in [-0.1, -0.05) is 60.7 Å². The molecule has 3 aromatic rings. The molecule has 0 aliphatic heterocycles. The summed E-state index contributed by atoms with van der Waals surface area (Å²) < 4.78 is 10.8. The van der Waals surface area contributed by atoms with Gasteiger partial charge in [0, 0.05) is 23.5 Å². The van der Waals surface area contributed by atoms with E-state index in [0.717, 1.165) is 33.8 Å². The van der Waals surface area contributed by atoms with Crippen molar-refractivity contribution in [3.63, 3.8) is 0 Å². The quantitative estimate of drug-likeness (QED) is 0.597. The van der Waals surface area contributed by atoms with Gasteiger partial charge in [-0.2, -0.15) is 0 Å². The number of pyridine rings is 1. The van der Waals surface area contributed by atoms with Crippen molar-refractivity contribution >= 4 is 24.3 Å². The highest BCUT2D eigenvalue weighted by molar-refractivity contribution is 5.76. The molecule has 0 N–H and O–H groups in total. The van der Waals surface area contributed by atoms with Crippen molar-refractivity contribution in [2.24, 2.45) is 0 Å². The average molecular weight is 343 g/mol. The Balaban J connectivity index is 1.80. The summed E-state index contributed by atoms with van der Waals surface area (Å²) in [5, 5.41) is 0. The van der Waals surface area contributed by atoms with Gasteiger partial charge in [-0.3, -0.25) is 4.98 Å². The summed E-state index contributed by atoms with van der Waals surface area (Å²) in [6.07, 6.45) is 11.8. The minimum Gasteiger partial charge on any atom is -0.496 e. The van der Waals surface area contributed by atoms with Crippen LogP contribution in [-0.4, -0.2) is 19.2 Å². The Labute approximate surface area is 154 Å². The maximum absolute atomic E-state index is 5.38. The number of rotatable bonds is 6. The van der Waals surface area contributed by atoms with Gasteiger partial charge in [0.1, 0.15) is 11.5 Å². The lowest BCUT2D eigenvalue weighted by atomic mass is 10.1. The third kappa shape index (κ3) is 4.39. The number of benzene rings is 2. The topological polar surface area (TPSA) is 31.4 Å². The molecule has 0 aliphatic carbocycles. The first-order valence-electron chi connectivity index (χ1n) is 8.37. The zero-order chi connectivity index (χ0) is 18.2. The zero-order valence-electron chi connectivity index (χ0n) is 14.9. The van der Waals surface area contributed by atoms with E-state index in [4.69, 9.17) is 9.47 Å². The molecule has 3 heteroatoms. The summed E-state index contributed by atoms with van der Waals surface area (Å²) >= 11 is 0. The standard InChI is InChI=1S/C23H21NO2/c1-25-22-9-5-3-7-20(22)13-11-18-15-19(17-24-16-18)12-14-21-8-4-6-10-23(21)26-2/h3-17H,1-2H3/b13-11+,14-12+. The molecule has 0 amide bonds. The monoisotopic (exact) mass is 343 g/mol. The minimum atomic E-state index is 0.851. The fourth-order valence-corrected chi connectivity index (χ4v) is 2.64. The lowest BCUT2D eigenvalue weighted by Crippen LogP contribution is -1.86. The average Bonchev–Trinajstić information content (AvgIpc) is 2.71. The van der Waals surface area contributed by atoms with E-state index >= 15 is 0 Å². The highest BCUT2D eigenvalue weighted by atomic mass is 16.5. The first kappa shape index (κ1) is 17.5. The van der Waals surface area contributed by atoms with Crippen molar-refractivity contribution in [2.45, 2.75) is 0 Å². The molecule has 1 aromatic heterocycles. The Hall–Kier alpha value is -3.33. The first-order chi connectivity index (χ1) is 12.8. The fraction of sp³-hybridized carbons (Fsp3) is 0.0870. The van der Waals surface area contributed by atoms with Crippen molar-refractivity contribution in [1.29, 1.82) is 0 Å². The molecule has 3 nitrogen and oxygen atoms in total. The van der Waals surface area contributed by atoms with Gasteiger partial charge in [0.15, 0.2) is 0 Å². The molecule has 26 heavy (non-hydrogen) atoms. The van der Waals surface area contributed by atoms with Crippen LogP contribution in [0, 0.1) is 0 Å². The Morgan fingerprint density at radius 3 is 1.58 bits per heavy atom. The molecule has 3 rings (SSSR count). The van der Waals surface area contributed by atoms with E-state index in [9.17, 15) is 0 Å². The molecule has 0 saturated heterocycles. The lowest BCUT2D eigenvalue weighted by Gasteiger charge is -2.04. The van der Waals surface area contributed by atoms with Crippen LogP contribution in [0.2, 0.25) is 0 Å². The molecule has 0 bridgehead atoms. The molecule has 2 aromatic carbocycles. The highest BCUT2D eigenvalue weighted by Gasteiger charge is 1.99. The van der Waals surface area contributed by atoms with Crippen molar-refractivity contribution < 1.29 is 9.47 Å². The van der Waals surface area contributed by atoms with Gasteiger partial charge in [0.05, 0.1) is 14.2 Å². The second-order valence-electron chi connectivity index (χ2n) is 5.70. The number of para-hydroxylation sites is 2. The smallest absolute Gasteiger partial charge is 0.126 e. The van der Waals surface area contributed by atoms with Crippen molar-refractivity contribution in [2.75, 3.05) is 14.2 Å². The largest absolute Gasteiger partial charge is 0.496 e. The Morgan fingerprint density at radius 2 is 1.12 bits per heavy atom. The van der Waals surface area contributed by atoms with Crippen LogP contribution in [-0.2, 0) is 0 Å². The zero-order valence-corrected chi connectivity index (χ0v) is 14.9. The number of aromatic nitrogens is 1. The van der Waals surface area contributed by atoms with Crippen LogP contribution in [0.5, 0.6) is 11.5 Å². The van der Waals surface area contributed by atoms with Crippen LogP contribution >= 0.6 is 0 Å². The van der Waals surface area contributed by atoms with E-state index in [1.165, 1.54) is 0 Å². The SMILES string of the molecule is COc1ccccc1/C=C/c1cncc(/C=C/c2ccccc2OC)c1. The van der Waals surface area contributed by atoms with Gasteiger partial charge in [-0.15, -0.1) is 0 Å². The van der Waals surface area contributed by atoms with E-state index in [-0.39, 0.29) is 0 Å². The van der Waals surface area contributed by atoms with Crippen molar-refractivity contribution in [1.82, 2.24) is 4.98 Å². The van der Waals surface area contributed by atoms with Crippen LogP contribution < -0.4 is 9.47 Å². The van der Waals surface area contributed by atoms with Crippen LogP contribution in [0.25, 0.3) is 24.3 Å². The normalized spacial score (nSPS) is 11.2. The van der Waals surface area contributed by atoms with E-state index in [2.05, 4.69) is 11.1 Å². The molecule has 0 fully saturated rings. The second-order valence-corrected chi connectivity index (χ2v) is 5.70. The summed E-state index contributed by atoms with van der Waals surface area (Å²) in [4.78, 5) is 4.33. The number of nitrogens with zero attached hydrogens (tertiary/aromatic N) is 1. The molecular weight excluding hydrogens is 322 g/mol. The number of hydrogen-bond donors (Lipinski definition) is 0. The van der Waals surface area contributed by atoms with Gasteiger partial charge in [-0.05, 0) is 29.3 Å². The van der Waals surface area contributed by atoms with Crippen LogP contribution in [0.15, 0.2) is 67.0 Å². The predicted molar refractivity (Wildman–Crippen MR) is 108 cm³/mol. The maximum atomic E-state index is 5.38. The Kier molecular flexibility index (Phi) is 5.84. The van der Waals surface area contributed by atoms with Crippen LogP contribution in [0.3, 0.4) is 0 Å². The second kappa shape index (κ2) is 8.67. The number of methoxy groups -OCH3 is 2. The Morgan fingerprint density at radius 1 is 0.654 bits per heavy atom. The molecule has 0 saturated carbocycles. The highest BCUT2D eigenvalue weighted by Crippen LogP contribution is 2.22. The van der Waals surface area contributed by atoms with Gasteiger partial charge in [-0.25, -0.2) is 0 Å². The molecule has 0 spiro atoms. The summed E-state index contributed by atoms with van der Waals surface area (Å²) in [7, 11) is 3.36. The first-order valence-corrected chi connectivity index (χ1v) is 8.37. The van der Waals surface area contributed by atoms with Crippen molar-refractivity contribution in [3.8, 4) is 11.5 Å². The van der Waals surface area contributed by atoms with E-state index in [1.807, 2.05) is 85.2 Å². The van der Waals surface area contributed by atoms with Gasteiger partial charge < -0.3 is 9.47 Å². The summed E-state index contributed by atoms with van der Waals surface area (Å²) in [5.74, 6) is 1.70. The van der Waals surface area contributed by atoms with Gasteiger partial charge in [0.25, 0.3) is 0 Å². The molecular formula is C23H21NO2. The Bertz CT molecular complexity index is 856. The van der Waals surface area contributed by atoms with E-state index < -0.39 is 0 Å². The molecule has 0 unspecified atom stereocenters.